The number of hydrogen-bond donors (Lipinski definition) is 2. The van der Waals surface area contributed by atoms with Crippen molar-refractivity contribution < 1.29 is 19.1 Å². The zero-order chi connectivity index (χ0) is 14.3. The number of rotatable bonds is 10. The molecule has 0 aromatic rings. The van der Waals surface area contributed by atoms with Crippen LogP contribution in [0.5, 0.6) is 0 Å². The van der Waals surface area contributed by atoms with Crippen molar-refractivity contribution in [2.24, 2.45) is 0 Å². The lowest BCUT2D eigenvalue weighted by Gasteiger charge is -2.07. The lowest BCUT2D eigenvalue weighted by atomic mass is 10.2. The highest BCUT2D eigenvalue weighted by molar-refractivity contribution is 6.17. The van der Waals surface area contributed by atoms with Crippen LogP contribution in [0.4, 0.5) is 9.59 Å². The summed E-state index contributed by atoms with van der Waals surface area (Å²) >= 11 is 5.55. The molecule has 0 aliphatic carbocycles. The molecule has 2 amide bonds. The minimum Gasteiger partial charge on any atom is -0.453 e. The molecule has 2 N–H and O–H groups in total. The molecule has 7 heteroatoms. The van der Waals surface area contributed by atoms with Crippen LogP contribution < -0.4 is 10.6 Å². The first-order valence-electron chi connectivity index (χ1n) is 6.49. The Morgan fingerprint density at radius 1 is 0.947 bits per heavy atom. The average molecular weight is 295 g/mol. The SMILES string of the molecule is COC(=O)NCCCOC(=O)NCCCCCCCl. The Kier molecular flexibility index (Phi) is 12.4. The highest BCUT2D eigenvalue weighted by Crippen LogP contribution is 1.99. The topological polar surface area (TPSA) is 76.7 Å². The van der Waals surface area contributed by atoms with E-state index in [0.29, 0.717) is 25.4 Å². The molecule has 0 aliphatic rings. The van der Waals surface area contributed by atoms with Crippen molar-refractivity contribution >= 4 is 23.8 Å². The number of amides is 2. The standard InChI is InChI=1S/C12H23ClN2O4/c1-18-11(16)14-9-6-10-19-12(17)15-8-5-3-2-4-7-13/h2-10H2,1H3,(H,14,16)(H,15,17). The number of alkyl carbamates (subject to hydrolysis) is 2. The van der Waals surface area contributed by atoms with Gasteiger partial charge in [-0.05, 0) is 19.3 Å². The number of carbonyl (C=O) groups excluding carboxylic acids is 2. The Labute approximate surface area is 119 Å². The van der Waals surface area contributed by atoms with Crippen LogP contribution in [0.3, 0.4) is 0 Å². The number of methoxy groups -OCH3 is 1. The van der Waals surface area contributed by atoms with E-state index in [-0.39, 0.29) is 6.61 Å². The van der Waals surface area contributed by atoms with Crippen molar-refractivity contribution in [3.8, 4) is 0 Å². The van der Waals surface area contributed by atoms with Gasteiger partial charge in [0.2, 0.25) is 0 Å². The minimum atomic E-state index is -0.485. The molecule has 6 nitrogen and oxygen atoms in total. The van der Waals surface area contributed by atoms with Crippen molar-refractivity contribution in [1.82, 2.24) is 10.6 Å². The molecule has 0 spiro atoms. The zero-order valence-electron chi connectivity index (χ0n) is 11.4. The zero-order valence-corrected chi connectivity index (χ0v) is 12.1. The van der Waals surface area contributed by atoms with Gasteiger partial charge in [-0.15, -0.1) is 11.6 Å². The van der Waals surface area contributed by atoms with Gasteiger partial charge in [0.05, 0.1) is 13.7 Å². The number of alkyl halides is 1. The second-order valence-corrected chi connectivity index (χ2v) is 4.32. The molecule has 0 aromatic heterocycles. The molecule has 19 heavy (non-hydrogen) atoms. The Bertz CT molecular complexity index is 252. The van der Waals surface area contributed by atoms with Gasteiger partial charge < -0.3 is 20.1 Å². The number of halogens is 1. The first kappa shape index (κ1) is 17.8. The van der Waals surface area contributed by atoms with Gasteiger partial charge in [-0.2, -0.15) is 0 Å². The third kappa shape index (κ3) is 13.1. The first-order valence-corrected chi connectivity index (χ1v) is 7.02. The Hall–Kier alpha value is -1.17. The molecule has 0 aliphatic heterocycles. The van der Waals surface area contributed by atoms with Crippen LogP contribution in [-0.2, 0) is 9.47 Å². The second kappa shape index (κ2) is 13.3. The fourth-order valence-electron chi connectivity index (χ4n) is 1.31. The number of nitrogens with one attached hydrogen (secondary N) is 2. The van der Waals surface area contributed by atoms with Crippen molar-refractivity contribution in [3.05, 3.63) is 0 Å². The molecular weight excluding hydrogens is 272 g/mol. The highest BCUT2D eigenvalue weighted by atomic mass is 35.5. The number of hydrogen-bond acceptors (Lipinski definition) is 4. The summed E-state index contributed by atoms with van der Waals surface area (Å²) in [5, 5.41) is 5.16. The minimum absolute atomic E-state index is 0.266. The summed E-state index contributed by atoms with van der Waals surface area (Å²) in [4.78, 5) is 21.9. The summed E-state index contributed by atoms with van der Waals surface area (Å²) in [6.45, 7) is 1.29. The Morgan fingerprint density at radius 3 is 2.26 bits per heavy atom. The maximum absolute atomic E-state index is 11.2. The van der Waals surface area contributed by atoms with Crippen LogP contribution in [-0.4, -0.2) is 44.9 Å². The lowest BCUT2D eigenvalue weighted by molar-refractivity contribution is 0.143. The third-order valence-electron chi connectivity index (χ3n) is 2.34. The summed E-state index contributed by atoms with van der Waals surface area (Å²) < 4.78 is 9.31. The van der Waals surface area contributed by atoms with E-state index in [1.807, 2.05) is 0 Å². The molecule has 0 rings (SSSR count). The normalized spacial score (nSPS) is 9.79. The summed E-state index contributed by atoms with van der Waals surface area (Å²) in [6, 6.07) is 0. The van der Waals surface area contributed by atoms with E-state index < -0.39 is 12.2 Å². The molecule has 0 atom stereocenters. The second-order valence-electron chi connectivity index (χ2n) is 3.94. The van der Waals surface area contributed by atoms with Crippen LogP contribution >= 0.6 is 11.6 Å². The summed E-state index contributed by atoms with van der Waals surface area (Å²) in [6.07, 6.45) is 3.72. The van der Waals surface area contributed by atoms with Gasteiger partial charge in [-0.3, -0.25) is 0 Å². The largest absolute Gasteiger partial charge is 0.453 e. The quantitative estimate of drug-likeness (QED) is 0.478. The van der Waals surface area contributed by atoms with E-state index in [1.54, 1.807) is 0 Å². The molecule has 0 fully saturated rings. The fraction of sp³-hybridized carbons (Fsp3) is 0.833. The molecule has 0 aromatic carbocycles. The predicted octanol–water partition coefficient (Wildman–Crippen LogP) is 2.26. The van der Waals surface area contributed by atoms with E-state index in [9.17, 15) is 9.59 Å². The van der Waals surface area contributed by atoms with Gasteiger partial charge in [-0.25, -0.2) is 9.59 Å². The molecule has 112 valence electrons. The van der Waals surface area contributed by atoms with E-state index >= 15 is 0 Å². The maximum atomic E-state index is 11.2. The summed E-state index contributed by atoms with van der Waals surface area (Å²) in [5.41, 5.74) is 0. The van der Waals surface area contributed by atoms with Gasteiger partial charge in [-0.1, -0.05) is 12.8 Å². The maximum Gasteiger partial charge on any atom is 0.407 e. The summed E-state index contributed by atoms with van der Waals surface area (Å²) in [5.74, 6) is 0.690. The van der Waals surface area contributed by atoms with Gasteiger partial charge in [0.25, 0.3) is 0 Å². The van der Waals surface area contributed by atoms with Crippen LogP contribution in [0.1, 0.15) is 32.1 Å². The lowest BCUT2D eigenvalue weighted by Crippen LogP contribution is -2.28. The molecule has 0 bridgehead atoms. The van der Waals surface area contributed by atoms with Crippen molar-refractivity contribution in [1.29, 1.82) is 0 Å². The smallest absolute Gasteiger partial charge is 0.407 e. The fourth-order valence-corrected chi connectivity index (χ4v) is 1.50. The molecule has 0 heterocycles. The monoisotopic (exact) mass is 294 g/mol. The number of carbonyl (C=O) groups is 2. The van der Waals surface area contributed by atoms with E-state index in [1.165, 1.54) is 7.11 Å². The van der Waals surface area contributed by atoms with E-state index in [2.05, 4.69) is 15.4 Å². The van der Waals surface area contributed by atoms with Crippen molar-refractivity contribution in [3.63, 3.8) is 0 Å². The molecule has 0 unspecified atom stereocenters. The average Bonchev–Trinajstić information content (AvgIpc) is 2.42. The van der Waals surface area contributed by atoms with E-state index in [0.717, 1.165) is 25.7 Å². The van der Waals surface area contributed by atoms with Crippen LogP contribution in [0.25, 0.3) is 0 Å². The molecule has 0 saturated carbocycles. The molecular formula is C12H23ClN2O4. The number of unbranched alkanes of at least 4 members (excludes halogenated alkanes) is 3. The Balaban J connectivity index is 3.23. The van der Waals surface area contributed by atoms with Crippen LogP contribution in [0.2, 0.25) is 0 Å². The summed E-state index contributed by atoms with van der Waals surface area (Å²) in [7, 11) is 1.30. The van der Waals surface area contributed by atoms with E-state index in [4.69, 9.17) is 16.3 Å². The van der Waals surface area contributed by atoms with Crippen molar-refractivity contribution in [2.75, 3.05) is 32.7 Å². The number of ether oxygens (including phenoxy) is 2. The Morgan fingerprint density at radius 2 is 1.58 bits per heavy atom. The first-order chi connectivity index (χ1) is 9.20. The van der Waals surface area contributed by atoms with Gasteiger partial charge in [0, 0.05) is 19.0 Å². The third-order valence-corrected chi connectivity index (χ3v) is 2.61. The van der Waals surface area contributed by atoms with Crippen LogP contribution in [0.15, 0.2) is 0 Å². The highest BCUT2D eigenvalue weighted by Gasteiger charge is 2.01. The molecule has 0 radical (unpaired) electrons. The predicted molar refractivity (Wildman–Crippen MR) is 73.6 cm³/mol. The van der Waals surface area contributed by atoms with Gasteiger partial charge in [0.1, 0.15) is 0 Å². The van der Waals surface area contributed by atoms with Gasteiger partial charge >= 0.3 is 12.2 Å². The van der Waals surface area contributed by atoms with Crippen LogP contribution in [0, 0.1) is 0 Å². The van der Waals surface area contributed by atoms with Gasteiger partial charge in [0.15, 0.2) is 0 Å². The van der Waals surface area contributed by atoms with Crippen molar-refractivity contribution in [2.45, 2.75) is 32.1 Å². The molecule has 0 saturated heterocycles.